The van der Waals surface area contributed by atoms with Gasteiger partial charge >= 0.3 is 5.97 Å². The van der Waals surface area contributed by atoms with E-state index in [4.69, 9.17) is 9.84 Å². The monoisotopic (exact) mass is 254 g/mol. The topological polar surface area (TPSA) is 46.5 Å². The van der Waals surface area contributed by atoms with Gasteiger partial charge in [-0.25, -0.2) is 4.39 Å². The van der Waals surface area contributed by atoms with Crippen LogP contribution >= 0.6 is 0 Å². The quantitative estimate of drug-likeness (QED) is 0.847. The van der Waals surface area contributed by atoms with Crippen molar-refractivity contribution >= 4 is 5.97 Å². The molecule has 0 saturated carbocycles. The van der Waals surface area contributed by atoms with E-state index < -0.39 is 17.2 Å². The van der Waals surface area contributed by atoms with Gasteiger partial charge < -0.3 is 9.84 Å². The fourth-order valence-corrected chi connectivity index (χ4v) is 1.95. The second kappa shape index (κ2) is 5.85. The molecule has 0 radical (unpaired) electrons. The van der Waals surface area contributed by atoms with Gasteiger partial charge in [-0.1, -0.05) is 19.9 Å². The third-order valence-corrected chi connectivity index (χ3v) is 2.61. The molecule has 0 amide bonds. The number of rotatable bonds is 6. The van der Waals surface area contributed by atoms with E-state index in [1.54, 1.807) is 19.1 Å². The Bertz CT molecular complexity index is 427. The predicted octanol–water partition coefficient (Wildman–Crippen LogP) is 3.27. The van der Waals surface area contributed by atoms with Crippen molar-refractivity contribution in [3.63, 3.8) is 0 Å². The van der Waals surface area contributed by atoms with Crippen LogP contribution < -0.4 is 4.74 Å². The van der Waals surface area contributed by atoms with Gasteiger partial charge in [-0.2, -0.15) is 0 Å². The molecule has 0 heterocycles. The standard InChI is InChI=1S/C14H19FO3/c1-4-18-12-6-5-10(7-11(12)15)8-14(2,3)9-13(16)17/h5-7H,4,8-9H2,1-3H3,(H,16,17). The van der Waals surface area contributed by atoms with Crippen molar-refractivity contribution in [3.8, 4) is 5.75 Å². The summed E-state index contributed by atoms with van der Waals surface area (Å²) >= 11 is 0. The summed E-state index contributed by atoms with van der Waals surface area (Å²) in [6.45, 7) is 5.93. The Balaban J connectivity index is 2.79. The fourth-order valence-electron chi connectivity index (χ4n) is 1.95. The number of hydrogen-bond acceptors (Lipinski definition) is 2. The van der Waals surface area contributed by atoms with E-state index in [2.05, 4.69) is 0 Å². The zero-order valence-corrected chi connectivity index (χ0v) is 11.0. The molecule has 1 rings (SSSR count). The lowest BCUT2D eigenvalue weighted by atomic mass is 9.83. The van der Waals surface area contributed by atoms with E-state index in [0.717, 1.165) is 5.56 Å². The largest absolute Gasteiger partial charge is 0.491 e. The molecule has 3 nitrogen and oxygen atoms in total. The Morgan fingerprint density at radius 2 is 2.11 bits per heavy atom. The van der Waals surface area contributed by atoms with E-state index in [1.807, 2.05) is 13.8 Å². The summed E-state index contributed by atoms with van der Waals surface area (Å²) in [6.07, 6.45) is 0.574. The number of aliphatic carboxylic acids is 1. The molecule has 0 unspecified atom stereocenters. The summed E-state index contributed by atoms with van der Waals surface area (Å²) in [7, 11) is 0. The van der Waals surface area contributed by atoms with Gasteiger partial charge in [-0.3, -0.25) is 4.79 Å². The first-order valence-electron chi connectivity index (χ1n) is 5.97. The summed E-state index contributed by atoms with van der Waals surface area (Å²) in [5.74, 6) is -1.01. The molecule has 0 aliphatic rings. The second-order valence-corrected chi connectivity index (χ2v) is 5.11. The Morgan fingerprint density at radius 3 is 2.61 bits per heavy atom. The average molecular weight is 254 g/mol. The number of carboxylic acid groups (broad SMARTS) is 1. The van der Waals surface area contributed by atoms with E-state index in [9.17, 15) is 9.18 Å². The van der Waals surface area contributed by atoms with Gasteiger partial charge in [0.05, 0.1) is 13.0 Å². The smallest absolute Gasteiger partial charge is 0.303 e. The molecule has 1 aromatic carbocycles. The summed E-state index contributed by atoms with van der Waals surface area (Å²) in [5, 5.41) is 8.80. The van der Waals surface area contributed by atoms with Crippen LogP contribution in [0.15, 0.2) is 18.2 Å². The molecule has 0 fully saturated rings. The van der Waals surface area contributed by atoms with Gasteiger partial charge in [-0.15, -0.1) is 0 Å². The molecular weight excluding hydrogens is 235 g/mol. The zero-order chi connectivity index (χ0) is 13.8. The highest BCUT2D eigenvalue weighted by Gasteiger charge is 2.22. The average Bonchev–Trinajstić information content (AvgIpc) is 2.19. The Kier molecular flexibility index (Phi) is 4.70. The minimum Gasteiger partial charge on any atom is -0.491 e. The molecule has 0 bridgehead atoms. The highest BCUT2D eigenvalue weighted by Crippen LogP contribution is 2.28. The van der Waals surface area contributed by atoms with Crippen molar-refractivity contribution in [3.05, 3.63) is 29.6 Å². The number of carboxylic acids is 1. The van der Waals surface area contributed by atoms with Crippen LogP contribution in [0.3, 0.4) is 0 Å². The van der Waals surface area contributed by atoms with Crippen molar-refractivity contribution in [1.29, 1.82) is 0 Å². The maximum absolute atomic E-state index is 13.6. The molecule has 0 spiro atoms. The third kappa shape index (κ3) is 4.35. The number of benzene rings is 1. The van der Waals surface area contributed by atoms with E-state index in [1.165, 1.54) is 6.07 Å². The van der Waals surface area contributed by atoms with Crippen molar-refractivity contribution in [2.75, 3.05) is 6.61 Å². The number of halogens is 1. The van der Waals surface area contributed by atoms with Crippen molar-refractivity contribution in [1.82, 2.24) is 0 Å². The first-order chi connectivity index (χ1) is 8.34. The lowest BCUT2D eigenvalue weighted by Gasteiger charge is -2.22. The molecule has 0 saturated heterocycles. The van der Waals surface area contributed by atoms with Crippen LogP contribution in [0.4, 0.5) is 4.39 Å². The summed E-state index contributed by atoms with van der Waals surface area (Å²) < 4.78 is 18.8. The summed E-state index contributed by atoms with van der Waals surface area (Å²) in [4.78, 5) is 10.7. The molecule has 1 N–H and O–H groups in total. The lowest BCUT2D eigenvalue weighted by Crippen LogP contribution is -2.19. The Morgan fingerprint density at radius 1 is 1.44 bits per heavy atom. The molecule has 100 valence electrons. The van der Waals surface area contributed by atoms with Gasteiger partial charge in [0.2, 0.25) is 0 Å². The zero-order valence-electron chi connectivity index (χ0n) is 11.0. The fraction of sp³-hybridized carbons (Fsp3) is 0.500. The lowest BCUT2D eigenvalue weighted by molar-refractivity contribution is -0.139. The Labute approximate surface area is 107 Å². The minimum absolute atomic E-state index is 0.0574. The molecule has 0 aliphatic carbocycles. The number of ether oxygens (including phenoxy) is 1. The third-order valence-electron chi connectivity index (χ3n) is 2.61. The predicted molar refractivity (Wildman–Crippen MR) is 67.3 cm³/mol. The maximum Gasteiger partial charge on any atom is 0.303 e. The van der Waals surface area contributed by atoms with Gasteiger partial charge in [0.15, 0.2) is 11.6 Å². The van der Waals surface area contributed by atoms with Crippen LogP contribution in [0.25, 0.3) is 0 Å². The van der Waals surface area contributed by atoms with Crippen LogP contribution in [-0.2, 0) is 11.2 Å². The van der Waals surface area contributed by atoms with Gasteiger partial charge in [-0.05, 0) is 36.5 Å². The minimum atomic E-state index is -0.841. The van der Waals surface area contributed by atoms with Crippen LogP contribution in [0.1, 0.15) is 32.8 Å². The maximum atomic E-state index is 13.6. The summed E-state index contributed by atoms with van der Waals surface area (Å²) in [5.41, 5.74) is 0.382. The van der Waals surface area contributed by atoms with Crippen LogP contribution in [0, 0.1) is 11.2 Å². The van der Waals surface area contributed by atoms with Crippen LogP contribution in [0.2, 0.25) is 0 Å². The van der Waals surface area contributed by atoms with Crippen molar-refractivity contribution < 1.29 is 19.0 Å². The van der Waals surface area contributed by atoms with Crippen LogP contribution in [0.5, 0.6) is 5.75 Å². The molecule has 0 aliphatic heterocycles. The molecular formula is C14H19FO3. The first kappa shape index (κ1) is 14.5. The normalized spacial score (nSPS) is 11.3. The van der Waals surface area contributed by atoms with Gasteiger partial charge in [0, 0.05) is 0 Å². The Hall–Kier alpha value is -1.58. The number of hydrogen-bond donors (Lipinski definition) is 1. The molecule has 0 atom stereocenters. The van der Waals surface area contributed by atoms with E-state index in [-0.39, 0.29) is 12.2 Å². The van der Waals surface area contributed by atoms with E-state index >= 15 is 0 Å². The summed E-state index contributed by atoms with van der Waals surface area (Å²) in [6, 6.07) is 4.78. The molecule has 1 aromatic rings. The highest BCUT2D eigenvalue weighted by molar-refractivity contribution is 5.67. The molecule has 0 aromatic heterocycles. The number of carbonyl (C=O) groups is 1. The van der Waals surface area contributed by atoms with Gasteiger partial charge in [0.25, 0.3) is 0 Å². The van der Waals surface area contributed by atoms with Crippen LogP contribution in [-0.4, -0.2) is 17.7 Å². The molecule has 18 heavy (non-hydrogen) atoms. The highest BCUT2D eigenvalue weighted by atomic mass is 19.1. The van der Waals surface area contributed by atoms with Gasteiger partial charge in [0.1, 0.15) is 0 Å². The SMILES string of the molecule is CCOc1ccc(CC(C)(C)CC(=O)O)cc1F. The molecule has 4 heteroatoms. The first-order valence-corrected chi connectivity index (χ1v) is 5.97. The van der Waals surface area contributed by atoms with Crippen molar-refractivity contribution in [2.45, 2.75) is 33.6 Å². The van der Waals surface area contributed by atoms with E-state index in [0.29, 0.717) is 13.0 Å². The second-order valence-electron chi connectivity index (χ2n) is 5.11. The van der Waals surface area contributed by atoms with Crippen molar-refractivity contribution in [2.24, 2.45) is 5.41 Å².